The molecule has 2 atom stereocenters. The molecule has 0 saturated heterocycles. The van der Waals surface area contributed by atoms with Crippen LogP contribution in [-0.2, 0) is 0 Å². The summed E-state index contributed by atoms with van der Waals surface area (Å²) in [5, 5.41) is 6.73. The molecule has 0 spiro atoms. The van der Waals surface area contributed by atoms with Gasteiger partial charge >= 0.3 is 0 Å². The maximum atomic E-state index is 11.4. The summed E-state index contributed by atoms with van der Waals surface area (Å²) in [6, 6.07) is 13.4. The van der Waals surface area contributed by atoms with Crippen LogP contribution in [0.4, 0.5) is 11.6 Å². The van der Waals surface area contributed by atoms with Crippen LogP contribution in [0.15, 0.2) is 73.1 Å². The van der Waals surface area contributed by atoms with E-state index < -0.39 is 5.91 Å². The van der Waals surface area contributed by atoms with Crippen molar-refractivity contribution in [1.82, 2.24) is 25.6 Å². The van der Waals surface area contributed by atoms with Crippen molar-refractivity contribution < 1.29 is 4.79 Å². The molecule has 2 aliphatic rings. The summed E-state index contributed by atoms with van der Waals surface area (Å²) >= 11 is 0. The summed E-state index contributed by atoms with van der Waals surface area (Å²) < 4.78 is 0. The van der Waals surface area contributed by atoms with E-state index in [0.29, 0.717) is 11.5 Å². The van der Waals surface area contributed by atoms with Gasteiger partial charge in [0.25, 0.3) is 0 Å². The number of amides is 1. The van der Waals surface area contributed by atoms with Crippen LogP contribution in [0.2, 0.25) is 0 Å². The van der Waals surface area contributed by atoms with Crippen LogP contribution in [0.1, 0.15) is 21.7 Å². The number of anilines is 2. The molecule has 1 aliphatic carbocycles. The second-order valence-electron chi connectivity index (χ2n) is 8.12. The lowest BCUT2D eigenvalue weighted by Gasteiger charge is -2.29. The Balaban J connectivity index is 1.56. The van der Waals surface area contributed by atoms with Crippen molar-refractivity contribution >= 4 is 23.1 Å². The molecule has 33 heavy (non-hydrogen) atoms. The van der Waals surface area contributed by atoms with E-state index >= 15 is 0 Å². The number of aromatic amines is 1. The molecule has 3 aromatic rings. The van der Waals surface area contributed by atoms with Gasteiger partial charge < -0.3 is 26.3 Å². The monoisotopic (exact) mass is 439 g/mol. The molecular formula is C25H25N7O. The molecule has 166 valence electrons. The van der Waals surface area contributed by atoms with E-state index in [1.807, 2.05) is 61.6 Å². The average Bonchev–Trinajstić information content (AvgIpc) is 3.29. The highest BCUT2D eigenvalue weighted by molar-refractivity contribution is 5.93. The zero-order valence-corrected chi connectivity index (χ0v) is 18.4. The molecule has 1 aromatic carbocycles. The quantitative estimate of drug-likeness (QED) is 0.486. The molecule has 2 unspecified atom stereocenters. The molecule has 8 nitrogen and oxygen atoms in total. The summed E-state index contributed by atoms with van der Waals surface area (Å²) in [6.07, 6.45) is 10.2. The average molecular weight is 440 g/mol. The number of fused-ring (bicyclic) bond motifs is 1. The molecule has 1 aliphatic heterocycles. The first-order valence-corrected chi connectivity index (χ1v) is 10.7. The number of primary amides is 1. The highest BCUT2D eigenvalue weighted by Gasteiger charge is 2.25. The van der Waals surface area contributed by atoms with Gasteiger partial charge in [0, 0.05) is 42.0 Å². The first-order valence-electron chi connectivity index (χ1n) is 10.7. The minimum atomic E-state index is -0.452. The summed E-state index contributed by atoms with van der Waals surface area (Å²) in [5.41, 5.74) is 11.2. The highest BCUT2D eigenvalue weighted by atomic mass is 16.1. The number of imidazole rings is 1. The third kappa shape index (κ3) is 3.98. The number of pyridine rings is 1. The van der Waals surface area contributed by atoms with Crippen molar-refractivity contribution in [2.24, 2.45) is 5.73 Å². The molecule has 2 aromatic heterocycles. The van der Waals surface area contributed by atoms with Crippen molar-refractivity contribution in [2.45, 2.75) is 19.0 Å². The molecule has 0 fully saturated rings. The van der Waals surface area contributed by atoms with Crippen molar-refractivity contribution in [3.63, 3.8) is 0 Å². The van der Waals surface area contributed by atoms with Gasteiger partial charge in [0.15, 0.2) is 0 Å². The lowest BCUT2D eigenvalue weighted by atomic mass is 9.94. The molecule has 0 saturated carbocycles. The predicted octanol–water partition coefficient (Wildman–Crippen LogP) is 3.00. The van der Waals surface area contributed by atoms with E-state index in [2.05, 4.69) is 33.8 Å². The number of carbonyl (C=O) groups is 1. The highest BCUT2D eigenvalue weighted by Crippen LogP contribution is 2.33. The Hall–Kier alpha value is -4.33. The van der Waals surface area contributed by atoms with Crippen LogP contribution in [0, 0.1) is 6.92 Å². The van der Waals surface area contributed by atoms with Gasteiger partial charge in [-0.25, -0.2) is 4.98 Å². The third-order valence-electron chi connectivity index (χ3n) is 5.86. The summed E-state index contributed by atoms with van der Waals surface area (Å²) in [5.74, 6) is 0.216. The zero-order chi connectivity index (χ0) is 22.9. The first kappa shape index (κ1) is 20.6. The lowest BCUT2D eigenvalue weighted by molar-refractivity contribution is 0.100. The van der Waals surface area contributed by atoms with Crippen LogP contribution >= 0.6 is 0 Å². The van der Waals surface area contributed by atoms with Gasteiger partial charge in [0.05, 0.1) is 29.2 Å². The predicted molar refractivity (Wildman–Crippen MR) is 130 cm³/mol. The van der Waals surface area contributed by atoms with Gasteiger partial charge in [0.2, 0.25) is 11.9 Å². The number of benzene rings is 1. The van der Waals surface area contributed by atoms with E-state index in [-0.39, 0.29) is 12.1 Å². The Morgan fingerprint density at radius 3 is 2.52 bits per heavy atom. The van der Waals surface area contributed by atoms with Crippen molar-refractivity contribution in [2.75, 3.05) is 11.9 Å². The third-order valence-corrected chi connectivity index (χ3v) is 5.86. The van der Waals surface area contributed by atoms with E-state index in [4.69, 9.17) is 15.7 Å². The summed E-state index contributed by atoms with van der Waals surface area (Å²) in [4.78, 5) is 26.5. The number of nitrogens with two attached hydrogens (primary N) is 1. The van der Waals surface area contributed by atoms with E-state index in [9.17, 15) is 4.79 Å². The SMILES string of the molecule is Cc1cccc(-c2[nH]c(N(C)c3ccc(C(N)=O)cc3)nc2C2=CC3NC=CNC3C=C2)n1. The second-order valence-corrected chi connectivity index (χ2v) is 8.12. The molecule has 0 radical (unpaired) electrons. The fourth-order valence-corrected chi connectivity index (χ4v) is 4.03. The maximum absolute atomic E-state index is 11.4. The Bertz CT molecular complexity index is 1290. The number of carbonyl (C=O) groups excluding carboxylic acids is 1. The van der Waals surface area contributed by atoms with Crippen molar-refractivity contribution in [1.29, 1.82) is 0 Å². The van der Waals surface area contributed by atoms with Gasteiger partial charge in [-0.2, -0.15) is 0 Å². The van der Waals surface area contributed by atoms with Crippen LogP contribution in [0.25, 0.3) is 17.0 Å². The number of aromatic nitrogens is 3. The zero-order valence-electron chi connectivity index (χ0n) is 18.4. The minimum absolute atomic E-state index is 0.132. The van der Waals surface area contributed by atoms with Crippen LogP contribution in [0.3, 0.4) is 0 Å². The maximum Gasteiger partial charge on any atom is 0.248 e. The van der Waals surface area contributed by atoms with Crippen LogP contribution in [-0.4, -0.2) is 40.0 Å². The number of nitrogens with one attached hydrogen (secondary N) is 3. The summed E-state index contributed by atoms with van der Waals surface area (Å²) in [7, 11) is 1.92. The van der Waals surface area contributed by atoms with Gasteiger partial charge in [-0.3, -0.25) is 9.78 Å². The Morgan fingerprint density at radius 1 is 1.03 bits per heavy atom. The first-order chi connectivity index (χ1) is 16.0. The van der Waals surface area contributed by atoms with Crippen LogP contribution in [0.5, 0.6) is 0 Å². The van der Waals surface area contributed by atoms with E-state index in [1.54, 1.807) is 12.1 Å². The minimum Gasteiger partial charge on any atom is -0.381 e. The fraction of sp³-hybridized carbons (Fsp3) is 0.160. The smallest absolute Gasteiger partial charge is 0.248 e. The van der Waals surface area contributed by atoms with E-state index in [1.165, 1.54) is 0 Å². The van der Waals surface area contributed by atoms with Gasteiger partial charge in [-0.1, -0.05) is 24.3 Å². The Kier molecular flexibility index (Phi) is 5.18. The fourth-order valence-electron chi connectivity index (χ4n) is 4.03. The lowest BCUT2D eigenvalue weighted by Crippen LogP contribution is -2.46. The molecule has 8 heteroatoms. The number of rotatable bonds is 5. The van der Waals surface area contributed by atoms with Crippen molar-refractivity contribution in [3.05, 3.63) is 90.0 Å². The molecule has 0 bridgehead atoms. The molecular weight excluding hydrogens is 414 g/mol. The summed E-state index contributed by atoms with van der Waals surface area (Å²) in [6.45, 7) is 1.97. The standard InChI is InChI=1S/C25H25N7O/c1-15-4-3-5-20(29-15)23-22(17-8-11-19-21(14-17)28-13-12-27-19)30-25(31-23)32(2)18-9-6-16(7-10-18)24(26)33/h3-14,19,21,27-28H,1-2H3,(H2,26,33)(H,30,31). The number of H-pyrrole nitrogens is 1. The largest absolute Gasteiger partial charge is 0.381 e. The molecule has 1 amide bonds. The topological polar surface area (TPSA) is 112 Å². The van der Waals surface area contributed by atoms with Gasteiger partial charge in [-0.05, 0) is 43.3 Å². The van der Waals surface area contributed by atoms with Crippen molar-refractivity contribution in [3.8, 4) is 11.4 Å². The molecule has 5 rings (SSSR count). The number of hydrogen-bond donors (Lipinski definition) is 4. The van der Waals surface area contributed by atoms with Crippen LogP contribution < -0.4 is 21.3 Å². The molecule has 3 heterocycles. The Morgan fingerprint density at radius 2 is 1.79 bits per heavy atom. The van der Waals surface area contributed by atoms with E-state index in [0.717, 1.165) is 34.0 Å². The van der Waals surface area contributed by atoms with Gasteiger partial charge in [-0.15, -0.1) is 0 Å². The molecule has 5 N–H and O–H groups in total. The Labute approximate surface area is 191 Å². The number of nitrogens with zero attached hydrogens (tertiary/aromatic N) is 3. The number of aryl methyl sites for hydroxylation is 1. The van der Waals surface area contributed by atoms with Gasteiger partial charge in [0.1, 0.15) is 0 Å². The number of hydrogen-bond acceptors (Lipinski definition) is 6. The second kappa shape index (κ2) is 8.31. The number of allylic oxidation sites excluding steroid dienone is 2. The normalized spacial score (nSPS) is 18.7.